The van der Waals surface area contributed by atoms with Crippen LogP contribution in [0.15, 0.2) is 43.2 Å². The van der Waals surface area contributed by atoms with Gasteiger partial charge in [-0.1, -0.05) is 0 Å². The van der Waals surface area contributed by atoms with Crippen LogP contribution in [0.4, 0.5) is 11.4 Å². The van der Waals surface area contributed by atoms with Crippen molar-refractivity contribution in [3.8, 4) is 11.3 Å². The van der Waals surface area contributed by atoms with Crippen molar-refractivity contribution in [1.29, 1.82) is 0 Å². The molecule has 1 aliphatic rings. The molecule has 0 unspecified atom stereocenters. The fourth-order valence-electron chi connectivity index (χ4n) is 5.04. The first-order valence-electron chi connectivity index (χ1n) is 12.8. The Hall–Kier alpha value is -4.12. The van der Waals surface area contributed by atoms with Gasteiger partial charge in [0.25, 0.3) is 5.91 Å². The quantitative estimate of drug-likeness (QED) is 0.402. The fraction of sp³-hybridized carbons (Fsp3) is 0.407. The molecule has 11 nitrogen and oxygen atoms in total. The van der Waals surface area contributed by atoms with Crippen LogP contribution in [0, 0.1) is 6.92 Å². The summed E-state index contributed by atoms with van der Waals surface area (Å²) >= 11 is 0. The molecule has 2 amide bonds. The first-order valence-corrected chi connectivity index (χ1v) is 12.8. The molecule has 0 aliphatic carbocycles. The third kappa shape index (κ3) is 5.28. The van der Waals surface area contributed by atoms with Gasteiger partial charge in [0.05, 0.1) is 64.8 Å². The molecular weight excluding hydrogens is 482 g/mol. The predicted octanol–water partition coefficient (Wildman–Crippen LogP) is 3.68. The highest BCUT2D eigenvalue weighted by Crippen LogP contribution is 2.29. The maximum atomic E-state index is 13.2. The second-order valence-corrected chi connectivity index (χ2v) is 10.8. The molecule has 38 heavy (non-hydrogen) atoms. The lowest BCUT2D eigenvalue weighted by Gasteiger charge is -2.36. The van der Waals surface area contributed by atoms with E-state index < -0.39 is 0 Å². The average molecular weight is 516 g/mol. The van der Waals surface area contributed by atoms with Crippen LogP contribution in [0.1, 0.15) is 56.1 Å². The summed E-state index contributed by atoms with van der Waals surface area (Å²) in [5, 5.41) is 14.4. The number of anilines is 2. The lowest BCUT2D eigenvalue weighted by molar-refractivity contribution is -0.117. The number of rotatable bonds is 6. The summed E-state index contributed by atoms with van der Waals surface area (Å²) in [6.45, 7) is 9.36. The van der Waals surface area contributed by atoms with E-state index in [1.54, 1.807) is 47.0 Å². The number of likely N-dealkylation sites (tertiary alicyclic amines) is 1. The first-order chi connectivity index (χ1) is 18.1. The number of amides is 2. The van der Waals surface area contributed by atoms with E-state index in [2.05, 4.69) is 56.5 Å². The second kappa shape index (κ2) is 9.97. The number of hydrogen-bond donors (Lipinski definition) is 2. The standard InChI is InChI=1S/C27H33N9O2/c1-17-22(9-19(12-28-17)32-25(37)10-20-7-6-8-35(20)27(2,3)4)33-26(38)21-13-31-36-16-23(29-14-24(21)36)18-11-30-34(5)15-18/h9,11-16,20H,6-8,10H2,1-5H3,(H,32,37)(H,33,38)/t20-/m0/s1. The SMILES string of the molecule is Cc1ncc(NC(=O)C[C@@H]2CCCN2C(C)(C)C)cc1NC(=O)c1cnn2cc(-c3cnn(C)c3)ncc12. The average Bonchev–Trinajstić information content (AvgIpc) is 3.60. The molecule has 4 aromatic rings. The number of aromatic nitrogens is 6. The van der Waals surface area contributed by atoms with E-state index in [9.17, 15) is 9.59 Å². The number of nitrogens with zero attached hydrogens (tertiary/aromatic N) is 7. The van der Waals surface area contributed by atoms with Crippen molar-refractivity contribution in [2.24, 2.45) is 7.05 Å². The van der Waals surface area contributed by atoms with Crippen LogP contribution in [0.5, 0.6) is 0 Å². The van der Waals surface area contributed by atoms with Gasteiger partial charge in [-0.2, -0.15) is 10.2 Å². The molecule has 0 saturated carbocycles. The summed E-state index contributed by atoms with van der Waals surface area (Å²) in [4.78, 5) is 37.3. The summed E-state index contributed by atoms with van der Waals surface area (Å²) in [5.74, 6) is -0.400. The van der Waals surface area contributed by atoms with Gasteiger partial charge >= 0.3 is 0 Å². The minimum atomic E-state index is -0.337. The van der Waals surface area contributed by atoms with Gasteiger partial charge in [-0.15, -0.1) is 0 Å². The molecule has 5 rings (SSSR count). The predicted molar refractivity (Wildman–Crippen MR) is 145 cm³/mol. The number of hydrogen-bond acceptors (Lipinski definition) is 7. The maximum Gasteiger partial charge on any atom is 0.259 e. The molecule has 0 bridgehead atoms. The van der Waals surface area contributed by atoms with E-state index >= 15 is 0 Å². The lowest BCUT2D eigenvalue weighted by atomic mass is 10.0. The van der Waals surface area contributed by atoms with Gasteiger partial charge in [0.1, 0.15) is 0 Å². The Morgan fingerprint density at radius 1 is 1.05 bits per heavy atom. The summed E-state index contributed by atoms with van der Waals surface area (Å²) in [6.07, 6.45) is 12.6. The van der Waals surface area contributed by atoms with Crippen LogP contribution in [0.3, 0.4) is 0 Å². The van der Waals surface area contributed by atoms with Crippen molar-refractivity contribution in [3.05, 3.63) is 54.5 Å². The van der Waals surface area contributed by atoms with E-state index in [1.807, 2.05) is 13.2 Å². The topological polar surface area (TPSA) is 122 Å². The lowest BCUT2D eigenvalue weighted by Crippen LogP contribution is -2.45. The van der Waals surface area contributed by atoms with Crippen molar-refractivity contribution in [2.45, 2.75) is 58.5 Å². The van der Waals surface area contributed by atoms with Gasteiger partial charge in [-0.3, -0.25) is 29.1 Å². The van der Waals surface area contributed by atoms with Crippen LogP contribution >= 0.6 is 0 Å². The minimum absolute atomic E-state index is 0.0261. The van der Waals surface area contributed by atoms with Crippen molar-refractivity contribution >= 4 is 28.7 Å². The molecule has 1 saturated heterocycles. The highest BCUT2D eigenvalue weighted by Gasteiger charge is 2.34. The largest absolute Gasteiger partial charge is 0.325 e. The van der Waals surface area contributed by atoms with Crippen LogP contribution in [0.2, 0.25) is 0 Å². The number of carbonyl (C=O) groups is 2. The van der Waals surface area contributed by atoms with Crippen LogP contribution in [-0.2, 0) is 11.8 Å². The number of pyridine rings is 1. The molecule has 1 fully saturated rings. The zero-order chi connectivity index (χ0) is 27.0. The second-order valence-electron chi connectivity index (χ2n) is 10.8. The van der Waals surface area contributed by atoms with Gasteiger partial charge in [-0.05, 0) is 53.1 Å². The Balaban J connectivity index is 1.28. The number of nitrogens with one attached hydrogen (secondary N) is 2. The normalized spacial score (nSPS) is 16.2. The summed E-state index contributed by atoms with van der Waals surface area (Å²) in [7, 11) is 1.84. The highest BCUT2D eigenvalue weighted by atomic mass is 16.2. The van der Waals surface area contributed by atoms with Gasteiger partial charge in [0.2, 0.25) is 5.91 Å². The molecule has 0 radical (unpaired) electrons. The van der Waals surface area contributed by atoms with Crippen LogP contribution in [-0.4, -0.2) is 64.2 Å². The highest BCUT2D eigenvalue weighted by molar-refractivity contribution is 6.09. The zero-order valence-electron chi connectivity index (χ0n) is 22.4. The number of aryl methyl sites for hydroxylation is 2. The molecular formula is C27H33N9O2. The van der Waals surface area contributed by atoms with Gasteiger partial charge in [-0.25, -0.2) is 4.52 Å². The Morgan fingerprint density at radius 2 is 1.87 bits per heavy atom. The Labute approximate surface area is 221 Å². The van der Waals surface area contributed by atoms with Gasteiger partial charge in [0, 0.05) is 36.8 Å². The summed E-state index contributed by atoms with van der Waals surface area (Å²) in [6, 6.07) is 1.95. The molecule has 11 heteroatoms. The molecule has 198 valence electrons. The molecule has 2 N–H and O–H groups in total. The number of carbonyl (C=O) groups excluding carboxylic acids is 2. The van der Waals surface area contributed by atoms with E-state index in [0.717, 1.165) is 24.9 Å². The molecule has 0 spiro atoms. The first kappa shape index (κ1) is 25.5. The molecule has 5 heterocycles. The van der Waals surface area contributed by atoms with Crippen LogP contribution < -0.4 is 10.6 Å². The van der Waals surface area contributed by atoms with E-state index in [1.165, 1.54) is 6.20 Å². The summed E-state index contributed by atoms with van der Waals surface area (Å²) in [5.41, 5.74) is 4.24. The Bertz CT molecular complexity index is 1500. The third-order valence-corrected chi connectivity index (χ3v) is 6.93. The van der Waals surface area contributed by atoms with Gasteiger partial charge in [0.15, 0.2) is 0 Å². The van der Waals surface area contributed by atoms with Crippen molar-refractivity contribution in [1.82, 2.24) is 34.3 Å². The van der Waals surface area contributed by atoms with Crippen LogP contribution in [0.25, 0.3) is 16.8 Å². The van der Waals surface area contributed by atoms with Crippen molar-refractivity contribution in [2.75, 3.05) is 17.2 Å². The number of fused-ring (bicyclic) bond motifs is 1. The fourth-order valence-corrected chi connectivity index (χ4v) is 5.04. The molecule has 0 aromatic carbocycles. The third-order valence-electron chi connectivity index (χ3n) is 6.93. The van der Waals surface area contributed by atoms with Crippen molar-refractivity contribution in [3.63, 3.8) is 0 Å². The summed E-state index contributed by atoms with van der Waals surface area (Å²) < 4.78 is 3.32. The van der Waals surface area contributed by atoms with Gasteiger partial charge < -0.3 is 10.6 Å². The molecule has 1 aliphatic heterocycles. The van der Waals surface area contributed by atoms with Crippen molar-refractivity contribution < 1.29 is 9.59 Å². The van der Waals surface area contributed by atoms with E-state index in [4.69, 9.17) is 0 Å². The molecule has 1 atom stereocenters. The Morgan fingerprint density at radius 3 is 2.61 bits per heavy atom. The maximum absolute atomic E-state index is 13.2. The van der Waals surface area contributed by atoms with E-state index in [-0.39, 0.29) is 23.4 Å². The molecule has 4 aromatic heterocycles. The zero-order valence-corrected chi connectivity index (χ0v) is 22.4. The van der Waals surface area contributed by atoms with E-state index in [0.29, 0.717) is 40.3 Å². The Kier molecular flexibility index (Phi) is 6.70. The monoisotopic (exact) mass is 515 g/mol. The smallest absolute Gasteiger partial charge is 0.259 e. The minimum Gasteiger partial charge on any atom is -0.325 e.